The fourth-order valence-corrected chi connectivity index (χ4v) is 2.76. The first-order chi connectivity index (χ1) is 11.7. The SMILES string of the molecule is CNC(=O)COC(=O)C1CCN(c2ncc(C(F)(F)F)cc2Cl)CC1. The number of esters is 1. The Morgan fingerprint density at radius 1 is 1.40 bits per heavy atom. The normalized spacial score (nSPS) is 15.8. The van der Waals surface area contributed by atoms with Crippen molar-refractivity contribution >= 4 is 29.3 Å². The molecule has 1 saturated heterocycles. The van der Waals surface area contributed by atoms with Crippen molar-refractivity contribution in [2.45, 2.75) is 19.0 Å². The van der Waals surface area contributed by atoms with Crippen LogP contribution in [-0.4, -0.2) is 43.6 Å². The van der Waals surface area contributed by atoms with Crippen molar-refractivity contribution in [3.05, 3.63) is 22.8 Å². The predicted octanol–water partition coefficient (Wildman–Crippen LogP) is 2.26. The second-order valence-electron chi connectivity index (χ2n) is 5.57. The third kappa shape index (κ3) is 4.97. The van der Waals surface area contributed by atoms with E-state index < -0.39 is 23.6 Å². The average Bonchev–Trinajstić information content (AvgIpc) is 2.58. The van der Waals surface area contributed by atoms with Gasteiger partial charge in [0.25, 0.3) is 5.91 Å². The standard InChI is InChI=1S/C15H17ClF3N3O3/c1-20-12(23)8-25-14(24)9-2-4-22(5-3-9)13-11(16)6-10(7-21-13)15(17,18)19/h6-7,9H,2-5,8H2,1H3,(H,20,23). The summed E-state index contributed by atoms with van der Waals surface area (Å²) in [6, 6.07) is 0.841. The molecule has 10 heteroatoms. The number of carbonyl (C=O) groups is 2. The van der Waals surface area contributed by atoms with Crippen molar-refractivity contribution in [1.29, 1.82) is 0 Å². The van der Waals surface area contributed by atoms with Crippen LogP contribution in [0.15, 0.2) is 12.3 Å². The Hall–Kier alpha value is -2.03. The Morgan fingerprint density at radius 2 is 2.04 bits per heavy atom. The molecule has 0 spiro atoms. The molecule has 0 unspecified atom stereocenters. The summed E-state index contributed by atoms with van der Waals surface area (Å²) in [5.41, 5.74) is -0.908. The summed E-state index contributed by atoms with van der Waals surface area (Å²) in [5, 5.41) is 2.26. The lowest BCUT2D eigenvalue weighted by Gasteiger charge is -2.32. The molecule has 0 saturated carbocycles. The molecule has 1 aliphatic heterocycles. The number of halogens is 4. The number of pyridine rings is 1. The van der Waals surface area contributed by atoms with E-state index in [9.17, 15) is 22.8 Å². The molecule has 1 aromatic rings. The Morgan fingerprint density at radius 3 is 2.56 bits per heavy atom. The Bertz CT molecular complexity index is 647. The van der Waals surface area contributed by atoms with Gasteiger partial charge in [-0.3, -0.25) is 9.59 Å². The summed E-state index contributed by atoms with van der Waals surface area (Å²) in [7, 11) is 1.44. The van der Waals surface area contributed by atoms with Crippen molar-refractivity contribution in [2.24, 2.45) is 5.92 Å². The summed E-state index contributed by atoms with van der Waals surface area (Å²) in [4.78, 5) is 28.5. The van der Waals surface area contributed by atoms with Crippen LogP contribution >= 0.6 is 11.6 Å². The number of amides is 1. The Balaban J connectivity index is 1.94. The number of piperidine rings is 1. The van der Waals surface area contributed by atoms with Gasteiger partial charge in [-0.1, -0.05) is 11.6 Å². The summed E-state index contributed by atoms with van der Waals surface area (Å²) >= 11 is 5.93. The third-order valence-electron chi connectivity index (χ3n) is 3.90. The Labute approximate surface area is 147 Å². The van der Waals surface area contributed by atoms with E-state index in [2.05, 4.69) is 10.3 Å². The summed E-state index contributed by atoms with van der Waals surface area (Å²) in [6.07, 6.45) is -2.89. The molecule has 1 amide bonds. The molecule has 1 aliphatic rings. The number of nitrogens with zero attached hydrogens (tertiary/aromatic N) is 2. The van der Waals surface area contributed by atoms with Gasteiger partial charge in [0.05, 0.1) is 16.5 Å². The molecule has 1 aromatic heterocycles. The van der Waals surface area contributed by atoms with Crippen LogP contribution in [0, 0.1) is 5.92 Å². The summed E-state index contributed by atoms with van der Waals surface area (Å²) < 4.78 is 42.9. The minimum absolute atomic E-state index is 0.0875. The highest BCUT2D eigenvalue weighted by Crippen LogP contribution is 2.34. The van der Waals surface area contributed by atoms with E-state index >= 15 is 0 Å². The number of ether oxygens (including phenoxy) is 1. The number of rotatable bonds is 4. The van der Waals surface area contributed by atoms with Crippen LogP contribution in [0.2, 0.25) is 5.02 Å². The number of carbonyl (C=O) groups excluding carboxylic acids is 2. The molecule has 2 heterocycles. The van der Waals surface area contributed by atoms with Gasteiger partial charge in [-0.15, -0.1) is 0 Å². The van der Waals surface area contributed by atoms with Crippen LogP contribution in [0.5, 0.6) is 0 Å². The minimum atomic E-state index is -4.50. The molecule has 138 valence electrons. The number of likely N-dealkylation sites (N-methyl/N-ethyl adjacent to an activating group) is 1. The van der Waals surface area contributed by atoms with Gasteiger partial charge < -0.3 is 15.0 Å². The molecule has 1 N–H and O–H groups in total. The van der Waals surface area contributed by atoms with Gasteiger partial charge in [0, 0.05) is 26.3 Å². The van der Waals surface area contributed by atoms with Gasteiger partial charge in [-0.25, -0.2) is 4.98 Å². The van der Waals surface area contributed by atoms with Crippen LogP contribution in [-0.2, 0) is 20.5 Å². The van der Waals surface area contributed by atoms with Crippen LogP contribution in [0.1, 0.15) is 18.4 Å². The van der Waals surface area contributed by atoms with Gasteiger partial charge >= 0.3 is 12.1 Å². The molecule has 25 heavy (non-hydrogen) atoms. The molecule has 0 atom stereocenters. The maximum atomic E-state index is 12.6. The van der Waals surface area contributed by atoms with Gasteiger partial charge in [-0.2, -0.15) is 13.2 Å². The fourth-order valence-electron chi connectivity index (χ4n) is 2.47. The first-order valence-corrected chi connectivity index (χ1v) is 7.95. The zero-order valence-corrected chi connectivity index (χ0v) is 14.2. The minimum Gasteiger partial charge on any atom is -0.455 e. The average molecular weight is 380 g/mol. The lowest BCUT2D eigenvalue weighted by atomic mass is 9.97. The lowest BCUT2D eigenvalue weighted by Crippen LogP contribution is -2.38. The largest absolute Gasteiger partial charge is 0.455 e. The molecular weight excluding hydrogens is 363 g/mol. The predicted molar refractivity (Wildman–Crippen MR) is 84.2 cm³/mol. The van der Waals surface area contributed by atoms with Crippen LogP contribution in [0.25, 0.3) is 0 Å². The first-order valence-electron chi connectivity index (χ1n) is 7.57. The van der Waals surface area contributed by atoms with E-state index in [0.29, 0.717) is 25.9 Å². The zero-order valence-electron chi connectivity index (χ0n) is 13.4. The fraction of sp³-hybridized carbons (Fsp3) is 0.533. The maximum Gasteiger partial charge on any atom is 0.417 e. The zero-order chi connectivity index (χ0) is 18.6. The highest BCUT2D eigenvalue weighted by molar-refractivity contribution is 6.33. The third-order valence-corrected chi connectivity index (χ3v) is 4.18. The number of nitrogens with one attached hydrogen (secondary N) is 1. The van der Waals surface area contributed by atoms with Crippen molar-refractivity contribution in [3.63, 3.8) is 0 Å². The second-order valence-corrected chi connectivity index (χ2v) is 5.98. The van der Waals surface area contributed by atoms with E-state index in [-0.39, 0.29) is 23.4 Å². The van der Waals surface area contributed by atoms with Crippen molar-refractivity contribution < 1.29 is 27.5 Å². The number of anilines is 1. The van der Waals surface area contributed by atoms with Crippen molar-refractivity contribution in [1.82, 2.24) is 10.3 Å². The van der Waals surface area contributed by atoms with Gasteiger partial charge in [0.1, 0.15) is 5.82 Å². The second kappa shape index (κ2) is 7.90. The molecule has 1 fully saturated rings. The van der Waals surface area contributed by atoms with Crippen LogP contribution in [0.4, 0.5) is 19.0 Å². The highest BCUT2D eigenvalue weighted by Gasteiger charge is 2.33. The van der Waals surface area contributed by atoms with Crippen molar-refractivity contribution in [2.75, 3.05) is 31.6 Å². The monoisotopic (exact) mass is 379 g/mol. The van der Waals surface area contributed by atoms with E-state index in [4.69, 9.17) is 16.3 Å². The smallest absolute Gasteiger partial charge is 0.417 e. The molecule has 0 radical (unpaired) electrons. The number of hydrogen-bond acceptors (Lipinski definition) is 5. The number of alkyl halides is 3. The molecule has 0 aliphatic carbocycles. The van der Waals surface area contributed by atoms with E-state index in [1.165, 1.54) is 7.05 Å². The lowest BCUT2D eigenvalue weighted by molar-refractivity contribution is -0.153. The number of hydrogen-bond donors (Lipinski definition) is 1. The topological polar surface area (TPSA) is 71.5 Å². The van der Waals surface area contributed by atoms with Crippen molar-refractivity contribution in [3.8, 4) is 0 Å². The molecular formula is C15H17ClF3N3O3. The van der Waals surface area contributed by atoms with E-state index in [1.54, 1.807) is 4.90 Å². The first kappa shape index (κ1) is 19.3. The van der Waals surface area contributed by atoms with Gasteiger partial charge in [0.15, 0.2) is 6.61 Å². The van der Waals surface area contributed by atoms with E-state index in [1.807, 2.05) is 0 Å². The maximum absolute atomic E-state index is 12.6. The molecule has 0 aromatic carbocycles. The van der Waals surface area contributed by atoms with Crippen LogP contribution in [0.3, 0.4) is 0 Å². The quantitative estimate of drug-likeness (QED) is 0.812. The molecule has 0 bridgehead atoms. The highest BCUT2D eigenvalue weighted by atomic mass is 35.5. The van der Waals surface area contributed by atoms with Crippen LogP contribution < -0.4 is 10.2 Å². The summed E-state index contributed by atoms with van der Waals surface area (Å²) in [5.74, 6) is -0.970. The van der Waals surface area contributed by atoms with Gasteiger partial charge in [0.2, 0.25) is 0 Å². The number of aromatic nitrogens is 1. The summed E-state index contributed by atoms with van der Waals surface area (Å²) in [6.45, 7) is 0.470. The van der Waals surface area contributed by atoms with E-state index in [0.717, 1.165) is 12.3 Å². The van der Waals surface area contributed by atoms with Gasteiger partial charge in [-0.05, 0) is 18.9 Å². The molecule has 2 rings (SSSR count). The Kier molecular flexibility index (Phi) is 6.10. The molecule has 6 nitrogen and oxygen atoms in total.